The van der Waals surface area contributed by atoms with Crippen molar-refractivity contribution in [1.29, 1.82) is 0 Å². The molecule has 0 saturated carbocycles. The van der Waals surface area contributed by atoms with E-state index in [2.05, 4.69) is 15.9 Å². The van der Waals surface area contributed by atoms with E-state index in [-0.39, 0.29) is 23.9 Å². The summed E-state index contributed by atoms with van der Waals surface area (Å²) in [4.78, 5) is 14.1. The molecule has 132 valence electrons. The maximum atomic E-state index is 13.3. The first-order valence-corrected chi connectivity index (χ1v) is 9.92. The fourth-order valence-corrected chi connectivity index (χ4v) is 4.57. The number of nitrogens with zero attached hydrogens (tertiary/aromatic N) is 2. The number of hydrogen-bond acceptors (Lipinski definition) is 3. The van der Waals surface area contributed by atoms with Crippen molar-refractivity contribution in [1.82, 2.24) is 9.21 Å². The zero-order valence-electron chi connectivity index (χ0n) is 13.2. The van der Waals surface area contributed by atoms with Crippen LogP contribution in [0.15, 0.2) is 57.9 Å². The third kappa shape index (κ3) is 3.91. The number of piperazine rings is 1. The molecule has 1 amide bonds. The van der Waals surface area contributed by atoms with E-state index in [4.69, 9.17) is 0 Å². The van der Waals surface area contributed by atoms with Crippen LogP contribution in [0.3, 0.4) is 0 Å². The SMILES string of the molecule is O=C(c1cccc(Br)c1)N1CCN(S(=O)(=O)c2cccc(F)c2)CC1. The minimum atomic E-state index is -3.76. The van der Waals surface area contributed by atoms with Crippen LogP contribution in [0, 0.1) is 5.82 Å². The molecule has 25 heavy (non-hydrogen) atoms. The van der Waals surface area contributed by atoms with Crippen molar-refractivity contribution in [2.75, 3.05) is 26.2 Å². The lowest BCUT2D eigenvalue weighted by Gasteiger charge is -2.34. The van der Waals surface area contributed by atoms with Crippen LogP contribution in [0.25, 0.3) is 0 Å². The number of hydrogen-bond donors (Lipinski definition) is 0. The van der Waals surface area contributed by atoms with Gasteiger partial charge >= 0.3 is 0 Å². The summed E-state index contributed by atoms with van der Waals surface area (Å²) >= 11 is 3.33. The number of halogens is 2. The van der Waals surface area contributed by atoms with E-state index in [0.717, 1.165) is 10.5 Å². The summed E-state index contributed by atoms with van der Waals surface area (Å²) in [5.41, 5.74) is 0.552. The molecule has 3 rings (SSSR count). The molecule has 0 spiro atoms. The summed E-state index contributed by atoms with van der Waals surface area (Å²) in [6, 6.07) is 12.0. The summed E-state index contributed by atoms with van der Waals surface area (Å²) in [6.07, 6.45) is 0. The van der Waals surface area contributed by atoms with E-state index in [9.17, 15) is 17.6 Å². The summed E-state index contributed by atoms with van der Waals surface area (Å²) < 4.78 is 40.6. The lowest BCUT2D eigenvalue weighted by Crippen LogP contribution is -2.50. The number of amides is 1. The summed E-state index contributed by atoms with van der Waals surface area (Å²) in [5.74, 6) is -0.728. The Kier molecular flexibility index (Phi) is 5.21. The fourth-order valence-electron chi connectivity index (χ4n) is 2.71. The summed E-state index contributed by atoms with van der Waals surface area (Å²) in [6.45, 7) is 0.941. The predicted molar refractivity (Wildman–Crippen MR) is 95.2 cm³/mol. The molecule has 1 saturated heterocycles. The second-order valence-corrected chi connectivity index (χ2v) is 8.52. The predicted octanol–water partition coefficient (Wildman–Crippen LogP) is 2.73. The maximum absolute atomic E-state index is 13.3. The van der Waals surface area contributed by atoms with Gasteiger partial charge in [0.15, 0.2) is 0 Å². The third-order valence-corrected chi connectivity index (χ3v) is 6.42. The monoisotopic (exact) mass is 426 g/mol. The van der Waals surface area contributed by atoms with Gasteiger partial charge in [-0.25, -0.2) is 12.8 Å². The van der Waals surface area contributed by atoms with Crippen LogP contribution < -0.4 is 0 Å². The average molecular weight is 427 g/mol. The molecular weight excluding hydrogens is 411 g/mol. The normalized spacial score (nSPS) is 16.0. The second kappa shape index (κ2) is 7.23. The molecule has 8 heteroatoms. The first-order valence-electron chi connectivity index (χ1n) is 7.68. The molecule has 0 radical (unpaired) electrons. The van der Waals surface area contributed by atoms with Gasteiger partial charge in [0.1, 0.15) is 5.82 Å². The Hall–Kier alpha value is -1.77. The van der Waals surface area contributed by atoms with Crippen molar-refractivity contribution in [3.8, 4) is 0 Å². The van der Waals surface area contributed by atoms with Crippen molar-refractivity contribution in [2.24, 2.45) is 0 Å². The molecular formula is C17H16BrFN2O3S. The minimum absolute atomic E-state index is 0.0701. The smallest absolute Gasteiger partial charge is 0.253 e. The van der Waals surface area contributed by atoms with Crippen LogP contribution in [-0.4, -0.2) is 49.7 Å². The van der Waals surface area contributed by atoms with Crippen molar-refractivity contribution >= 4 is 31.9 Å². The van der Waals surface area contributed by atoms with Gasteiger partial charge in [0, 0.05) is 36.2 Å². The molecule has 1 aliphatic heterocycles. The Labute approximate surface area is 154 Å². The molecule has 2 aromatic carbocycles. The lowest BCUT2D eigenvalue weighted by atomic mass is 10.2. The van der Waals surface area contributed by atoms with Gasteiger partial charge in [-0.3, -0.25) is 4.79 Å². The zero-order chi connectivity index (χ0) is 18.0. The highest BCUT2D eigenvalue weighted by atomic mass is 79.9. The standard InChI is InChI=1S/C17H16BrFN2O3S/c18-14-4-1-3-13(11-14)17(22)20-7-9-21(10-8-20)25(23,24)16-6-2-5-15(19)12-16/h1-6,11-12H,7-10H2. The Morgan fingerprint density at radius 3 is 2.32 bits per heavy atom. The van der Waals surface area contributed by atoms with Gasteiger partial charge in [-0.2, -0.15) is 4.31 Å². The molecule has 5 nitrogen and oxygen atoms in total. The van der Waals surface area contributed by atoms with Crippen molar-refractivity contribution in [2.45, 2.75) is 4.90 Å². The topological polar surface area (TPSA) is 57.7 Å². The lowest BCUT2D eigenvalue weighted by molar-refractivity contribution is 0.0698. The highest BCUT2D eigenvalue weighted by molar-refractivity contribution is 9.10. The Balaban J connectivity index is 1.70. The van der Waals surface area contributed by atoms with Gasteiger partial charge < -0.3 is 4.90 Å². The van der Waals surface area contributed by atoms with Crippen molar-refractivity contribution in [3.05, 3.63) is 64.4 Å². The Morgan fingerprint density at radius 1 is 1.00 bits per heavy atom. The summed E-state index contributed by atoms with van der Waals surface area (Å²) in [7, 11) is -3.76. The van der Waals surface area contributed by atoms with E-state index < -0.39 is 15.8 Å². The van der Waals surface area contributed by atoms with E-state index >= 15 is 0 Å². The van der Waals surface area contributed by atoms with Gasteiger partial charge in [-0.1, -0.05) is 28.1 Å². The number of sulfonamides is 1. The third-order valence-electron chi connectivity index (χ3n) is 4.03. The van der Waals surface area contributed by atoms with Gasteiger partial charge in [-0.15, -0.1) is 0 Å². The number of benzene rings is 2. The summed E-state index contributed by atoms with van der Waals surface area (Å²) in [5, 5.41) is 0. The average Bonchev–Trinajstić information content (AvgIpc) is 2.61. The molecule has 0 aliphatic carbocycles. The molecule has 0 N–H and O–H groups in total. The van der Waals surface area contributed by atoms with Gasteiger partial charge in [-0.05, 0) is 36.4 Å². The highest BCUT2D eigenvalue weighted by Gasteiger charge is 2.30. The first kappa shape index (κ1) is 18.0. The van der Waals surface area contributed by atoms with Crippen LogP contribution in [0.5, 0.6) is 0 Å². The largest absolute Gasteiger partial charge is 0.336 e. The Bertz CT molecular complexity index is 896. The van der Waals surface area contributed by atoms with Crippen LogP contribution in [-0.2, 0) is 10.0 Å². The fraction of sp³-hybridized carbons (Fsp3) is 0.235. The maximum Gasteiger partial charge on any atom is 0.253 e. The Morgan fingerprint density at radius 2 is 1.68 bits per heavy atom. The molecule has 1 heterocycles. The molecule has 2 aromatic rings. The van der Waals surface area contributed by atoms with E-state index in [0.29, 0.717) is 18.7 Å². The number of carbonyl (C=O) groups excluding carboxylic acids is 1. The molecule has 0 aromatic heterocycles. The minimum Gasteiger partial charge on any atom is -0.336 e. The molecule has 0 bridgehead atoms. The van der Waals surface area contributed by atoms with Gasteiger partial charge in [0.25, 0.3) is 5.91 Å². The van der Waals surface area contributed by atoms with Crippen LogP contribution >= 0.6 is 15.9 Å². The van der Waals surface area contributed by atoms with E-state index in [1.54, 1.807) is 23.1 Å². The molecule has 1 aliphatic rings. The number of carbonyl (C=O) groups is 1. The number of rotatable bonds is 3. The van der Waals surface area contributed by atoms with Gasteiger partial charge in [0.05, 0.1) is 4.90 Å². The highest BCUT2D eigenvalue weighted by Crippen LogP contribution is 2.20. The zero-order valence-corrected chi connectivity index (χ0v) is 15.6. The van der Waals surface area contributed by atoms with Crippen molar-refractivity contribution < 1.29 is 17.6 Å². The molecule has 0 unspecified atom stereocenters. The quantitative estimate of drug-likeness (QED) is 0.757. The van der Waals surface area contributed by atoms with Crippen LogP contribution in [0.1, 0.15) is 10.4 Å². The van der Waals surface area contributed by atoms with Crippen LogP contribution in [0.4, 0.5) is 4.39 Å². The van der Waals surface area contributed by atoms with E-state index in [1.165, 1.54) is 22.5 Å². The van der Waals surface area contributed by atoms with E-state index in [1.807, 2.05) is 6.07 Å². The van der Waals surface area contributed by atoms with Gasteiger partial charge in [0.2, 0.25) is 10.0 Å². The molecule has 0 atom stereocenters. The first-order chi connectivity index (χ1) is 11.9. The van der Waals surface area contributed by atoms with Crippen LogP contribution in [0.2, 0.25) is 0 Å². The molecule has 1 fully saturated rings. The second-order valence-electron chi connectivity index (χ2n) is 5.66. The van der Waals surface area contributed by atoms with Crippen molar-refractivity contribution in [3.63, 3.8) is 0 Å².